The number of alkyl halides is 3. The maximum atomic E-state index is 12.0. The molecule has 0 radical (unpaired) electrons. The van der Waals surface area contributed by atoms with Gasteiger partial charge in [0.2, 0.25) is 5.91 Å². The fourth-order valence-corrected chi connectivity index (χ4v) is 1.71. The van der Waals surface area contributed by atoms with E-state index in [4.69, 9.17) is 0 Å². The topological polar surface area (TPSA) is 41.6 Å². The summed E-state index contributed by atoms with van der Waals surface area (Å²) in [5.74, 6) is -0.403. The maximum absolute atomic E-state index is 12.0. The average Bonchev–Trinajstić information content (AvgIpc) is 2.29. The zero-order chi connectivity index (χ0) is 13.2. The second kappa shape index (κ2) is 6.12. The number of piperazine rings is 1. The summed E-state index contributed by atoms with van der Waals surface area (Å²) in [6.07, 6.45) is -4.70. The van der Waals surface area contributed by atoms with Crippen LogP contribution in [-0.4, -0.2) is 31.9 Å². The van der Waals surface area contributed by atoms with E-state index in [2.05, 4.69) is 10.1 Å². The average molecular weight is 297 g/mol. The van der Waals surface area contributed by atoms with Crippen molar-refractivity contribution in [1.29, 1.82) is 0 Å². The van der Waals surface area contributed by atoms with Gasteiger partial charge in [-0.05, 0) is 24.3 Å². The SMILES string of the molecule is Cl.O=C1CNCCN1c1ccc(OC(F)(F)F)cc1. The second-order valence-corrected chi connectivity index (χ2v) is 3.76. The van der Waals surface area contributed by atoms with Gasteiger partial charge in [-0.1, -0.05) is 0 Å². The van der Waals surface area contributed by atoms with Crippen LogP contribution in [0.25, 0.3) is 0 Å². The van der Waals surface area contributed by atoms with E-state index < -0.39 is 6.36 Å². The predicted molar refractivity (Wildman–Crippen MR) is 65.6 cm³/mol. The number of hydrogen-bond acceptors (Lipinski definition) is 3. The van der Waals surface area contributed by atoms with Gasteiger partial charge in [0.05, 0.1) is 6.54 Å². The van der Waals surface area contributed by atoms with Gasteiger partial charge in [0.1, 0.15) is 5.75 Å². The van der Waals surface area contributed by atoms with Crippen LogP contribution >= 0.6 is 12.4 Å². The number of rotatable bonds is 2. The van der Waals surface area contributed by atoms with Crippen LogP contribution in [0.4, 0.5) is 18.9 Å². The molecule has 1 aliphatic heterocycles. The molecule has 1 amide bonds. The number of carbonyl (C=O) groups excluding carboxylic acids is 1. The lowest BCUT2D eigenvalue weighted by Crippen LogP contribution is -2.48. The van der Waals surface area contributed by atoms with Crippen LogP contribution in [0.15, 0.2) is 24.3 Å². The fourth-order valence-electron chi connectivity index (χ4n) is 1.71. The molecule has 0 unspecified atom stereocenters. The van der Waals surface area contributed by atoms with Gasteiger partial charge < -0.3 is 15.0 Å². The Labute approximate surface area is 113 Å². The normalized spacial score (nSPS) is 15.9. The van der Waals surface area contributed by atoms with E-state index in [0.29, 0.717) is 18.8 Å². The van der Waals surface area contributed by atoms with E-state index in [1.54, 1.807) is 0 Å². The summed E-state index contributed by atoms with van der Waals surface area (Å²) in [4.78, 5) is 13.1. The molecule has 0 aliphatic carbocycles. The van der Waals surface area contributed by atoms with Crippen molar-refractivity contribution in [3.8, 4) is 5.75 Å². The highest BCUT2D eigenvalue weighted by Crippen LogP contribution is 2.25. The van der Waals surface area contributed by atoms with Crippen molar-refractivity contribution in [3.05, 3.63) is 24.3 Å². The zero-order valence-corrected chi connectivity index (χ0v) is 10.6. The molecule has 106 valence electrons. The monoisotopic (exact) mass is 296 g/mol. The molecule has 0 bridgehead atoms. The van der Waals surface area contributed by atoms with Gasteiger partial charge in [-0.15, -0.1) is 25.6 Å². The zero-order valence-electron chi connectivity index (χ0n) is 9.74. The number of nitrogens with zero attached hydrogens (tertiary/aromatic N) is 1. The Kier molecular flexibility index (Phi) is 5.02. The number of nitrogens with one attached hydrogen (secondary N) is 1. The molecule has 1 aliphatic rings. The van der Waals surface area contributed by atoms with Gasteiger partial charge in [0.15, 0.2) is 0 Å². The van der Waals surface area contributed by atoms with E-state index in [1.807, 2.05) is 0 Å². The highest BCUT2D eigenvalue weighted by Gasteiger charge is 2.31. The van der Waals surface area contributed by atoms with Crippen LogP contribution in [0.1, 0.15) is 0 Å². The molecule has 8 heteroatoms. The van der Waals surface area contributed by atoms with E-state index in [1.165, 1.54) is 29.2 Å². The van der Waals surface area contributed by atoms with Crippen molar-refractivity contribution in [2.75, 3.05) is 24.5 Å². The molecule has 4 nitrogen and oxygen atoms in total. The molecule has 1 aromatic carbocycles. The Morgan fingerprint density at radius 1 is 1.21 bits per heavy atom. The van der Waals surface area contributed by atoms with Crippen molar-refractivity contribution in [2.45, 2.75) is 6.36 Å². The molecule has 0 saturated carbocycles. The van der Waals surface area contributed by atoms with Gasteiger partial charge in [-0.25, -0.2) is 0 Å². The number of benzene rings is 1. The van der Waals surface area contributed by atoms with Crippen molar-refractivity contribution in [2.24, 2.45) is 0 Å². The first-order chi connectivity index (χ1) is 8.46. The third-order valence-corrected chi connectivity index (χ3v) is 2.47. The quantitative estimate of drug-likeness (QED) is 0.907. The molecule has 0 atom stereocenters. The van der Waals surface area contributed by atoms with Gasteiger partial charge >= 0.3 is 6.36 Å². The van der Waals surface area contributed by atoms with Crippen LogP contribution < -0.4 is 15.0 Å². The summed E-state index contributed by atoms with van der Waals surface area (Å²) in [5.41, 5.74) is 0.566. The van der Waals surface area contributed by atoms with Crippen LogP contribution in [0.3, 0.4) is 0 Å². The number of carbonyl (C=O) groups is 1. The number of ether oxygens (including phenoxy) is 1. The first-order valence-electron chi connectivity index (χ1n) is 5.32. The second-order valence-electron chi connectivity index (χ2n) is 3.76. The number of hydrogen-bond donors (Lipinski definition) is 1. The summed E-state index contributed by atoms with van der Waals surface area (Å²) >= 11 is 0. The van der Waals surface area contributed by atoms with Gasteiger partial charge in [0.25, 0.3) is 0 Å². The molecule has 19 heavy (non-hydrogen) atoms. The van der Waals surface area contributed by atoms with Crippen molar-refractivity contribution >= 4 is 24.0 Å². The van der Waals surface area contributed by atoms with Crippen LogP contribution in [0, 0.1) is 0 Å². The summed E-state index contributed by atoms with van der Waals surface area (Å²) in [6.45, 7) is 1.39. The van der Waals surface area contributed by atoms with E-state index >= 15 is 0 Å². The molecule has 0 spiro atoms. The standard InChI is InChI=1S/C11H11F3N2O2.ClH/c12-11(13,14)18-9-3-1-8(2-4-9)16-6-5-15-7-10(16)17;/h1-4,15H,5-7H2;1H. The molecular weight excluding hydrogens is 285 g/mol. The van der Waals surface area contributed by atoms with E-state index in [-0.39, 0.29) is 30.6 Å². The Morgan fingerprint density at radius 3 is 2.37 bits per heavy atom. The Balaban J connectivity index is 0.00000180. The molecular formula is C11H12ClF3N2O2. The molecule has 1 N–H and O–H groups in total. The van der Waals surface area contributed by atoms with Gasteiger partial charge in [0, 0.05) is 18.8 Å². The Morgan fingerprint density at radius 2 is 1.84 bits per heavy atom. The molecule has 1 fully saturated rings. The van der Waals surface area contributed by atoms with Crippen molar-refractivity contribution < 1.29 is 22.7 Å². The maximum Gasteiger partial charge on any atom is 0.573 e. The smallest absolute Gasteiger partial charge is 0.406 e. The lowest BCUT2D eigenvalue weighted by atomic mass is 10.2. The minimum absolute atomic E-state index is 0. The number of amides is 1. The summed E-state index contributed by atoms with van der Waals surface area (Å²) < 4.78 is 39.6. The predicted octanol–water partition coefficient (Wildman–Crippen LogP) is 1.94. The summed E-state index contributed by atoms with van der Waals surface area (Å²) in [6, 6.07) is 5.25. The van der Waals surface area contributed by atoms with Crippen LogP contribution in [0.5, 0.6) is 5.75 Å². The van der Waals surface area contributed by atoms with Gasteiger partial charge in [-0.3, -0.25) is 4.79 Å². The first kappa shape index (κ1) is 15.6. The molecule has 0 aromatic heterocycles. The Hall–Kier alpha value is -1.47. The molecule has 1 heterocycles. The minimum atomic E-state index is -4.70. The fraction of sp³-hybridized carbons (Fsp3) is 0.364. The molecule has 1 aromatic rings. The van der Waals surface area contributed by atoms with Crippen molar-refractivity contribution in [3.63, 3.8) is 0 Å². The van der Waals surface area contributed by atoms with Crippen LogP contribution in [-0.2, 0) is 4.79 Å². The van der Waals surface area contributed by atoms with E-state index in [0.717, 1.165) is 0 Å². The number of halogens is 4. The highest BCUT2D eigenvalue weighted by molar-refractivity contribution is 5.95. The van der Waals surface area contributed by atoms with Crippen LogP contribution in [0.2, 0.25) is 0 Å². The largest absolute Gasteiger partial charge is 0.573 e. The van der Waals surface area contributed by atoms with Crippen molar-refractivity contribution in [1.82, 2.24) is 5.32 Å². The first-order valence-corrected chi connectivity index (χ1v) is 5.32. The minimum Gasteiger partial charge on any atom is -0.406 e. The Bertz CT molecular complexity index is 437. The summed E-state index contributed by atoms with van der Waals surface area (Å²) in [7, 11) is 0. The molecule has 1 saturated heterocycles. The third-order valence-electron chi connectivity index (χ3n) is 2.47. The van der Waals surface area contributed by atoms with Gasteiger partial charge in [-0.2, -0.15) is 0 Å². The molecule has 2 rings (SSSR count). The lowest BCUT2D eigenvalue weighted by molar-refractivity contribution is -0.274. The lowest BCUT2D eigenvalue weighted by Gasteiger charge is -2.27. The number of anilines is 1. The highest BCUT2D eigenvalue weighted by atomic mass is 35.5. The van der Waals surface area contributed by atoms with E-state index in [9.17, 15) is 18.0 Å². The summed E-state index contributed by atoms with van der Waals surface area (Å²) in [5, 5.41) is 2.91. The third kappa shape index (κ3) is 4.29.